The summed E-state index contributed by atoms with van der Waals surface area (Å²) in [6.45, 7) is 0. The zero-order valence-corrected chi connectivity index (χ0v) is 17.2. The van der Waals surface area contributed by atoms with E-state index in [0.717, 1.165) is 38.5 Å². The number of rotatable bonds is 11. The molecule has 0 aromatic heterocycles. The van der Waals surface area contributed by atoms with Crippen LogP contribution in [0.25, 0.3) is 0 Å². The van der Waals surface area contributed by atoms with Crippen LogP contribution in [0, 0.1) is 0 Å². The van der Waals surface area contributed by atoms with Crippen molar-refractivity contribution >= 4 is 79.7 Å². The Balaban J connectivity index is 3.66. The first kappa shape index (κ1) is 23.6. The lowest BCUT2D eigenvalue weighted by Crippen LogP contribution is -2.35. The minimum Gasteiger partial charge on any atom is -0.283 e. The molecule has 0 spiro atoms. The van der Waals surface area contributed by atoms with E-state index in [0.29, 0.717) is 19.3 Å². The number of unbranched alkanes of at least 4 members (excludes halogenated alkanes) is 6. The van der Waals surface area contributed by atoms with Crippen LogP contribution >= 0.6 is 69.6 Å². The minimum absolute atomic E-state index is 0.307. The third-order valence-electron chi connectivity index (χ3n) is 3.13. The zero-order chi connectivity index (χ0) is 17.4. The van der Waals surface area contributed by atoms with Crippen LogP contribution in [0.4, 0.5) is 0 Å². The van der Waals surface area contributed by atoms with Gasteiger partial charge in [0.05, 0.1) is 5.38 Å². The summed E-state index contributed by atoms with van der Waals surface area (Å²) in [6, 6.07) is 0. The van der Waals surface area contributed by atoms with Gasteiger partial charge in [0.15, 0.2) is 3.79 Å². The molecule has 0 amide bonds. The third-order valence-corrected chi connectivity index (χ3v) is 7.26. The van der Waals surface area contributed by atoms with E-state index in [1.807, 2.05) is 0 Å². The van der Waals surface area contributed by atoms with Crippen LogP contribution in [0.3, 0.4) is 0 Å². The lowest BCUT2D eigenvalue weighted by Gasteiger charge is -2.21. The maximum absolute atomic E-state index is 11.0. The van der Waals surface area contributed by atoms with Gasteiger partial charge in [-0.2, -0.15) is 8.42 Å². The number of hydrogen-bond donors (Lipinski definition) is 1. The molecule has 0 fully saturated rings. The molecule has 1 N–H and O–H groups in total. The van der Waals surface area contributed by atoms with E-state index in [2.05, 4.69) is 0 Å². The van der Waals surface area contributed by atoms with Gasteiger partial charge in [-0.25, -0.2) is 0 Å². The Morgan fingerprint density at radius 3 is 1.64 bits per heavy atom. The van der Waals surface area contributed by atoms with E-state index in [1.54, 1.807) is 0 Å². The molecule has 1 atom stereocenters. The Bertz CT molecular complexity index is 408. The SMILES string of the molecule is O=S(=O)(O)C(Cl)(Cl)C(Cl)CCCCCCCCCC(Cl)(Cl)Cl. The quantitative estimate of drug-likeness (QED) is 0.219. The van der Waals surface area contributed by atoms with Gasteiger partial charge in [0.1, 0.15) is 0 Å². The molecule has 134 valence electrons. The molecule has 0 aliphatic rings. The molecular weight excluding hydrogens is 437 g/mol. The molecule has 0 aromatic carbocycles. The van der Waals surface area contributed by atoms with Crippen molar-refractivity contribution in [1.82, 2.24) is 0 Å². The van der Waals surface area contributed by atoms with Gasteiger partial charge < -0.3 is 0 Å². The molecule has 10 heteroatoms. The Morgan fingerprint density at radius 2 is 1.23 bits per heavy atom. The van der Waals surface area contributed by atoms with Crippen molar-refractivity contribution in [1.29, 1.82) is 0 Å². The second kappa shape index (κ2) is 10.6. The minimum atomic E-state index is -4.60. The van der Waals surface area contributed by atoms with E-state index < -0.39 is 23.0 Å². The molecule has 0 aliphatic heterocycles. The lowest BCUT2D eigenvalue weighted by atomic mass is 10.1. The van der Waals surface area contributed by atoms with Crippen LogP contribution in [-0.4, -0.2) is 25.8 Å². The predicted molar refractivity (Wildman–Crippen MR) is 97.5 cm³/mol. The molecular formula is C12H20Cl6O3S. The van der Waals surface area contributed by atoms with Crippen LogP contribution in [0.15, 0.2) is 0 Å². The summed E-state index contributed by atoms with van der Waals surface area (Å²) < 4.78 is 27.3. The fraction of sp³-hybridized carbons (Fsp3) is 1.00. The molecule has 0 bridgehead atoms. The van der Waals surface area contributed by atoms with Crippen LogP contribution < -0.4 is 0 Å². The standard InChI is InChI=1S/C12H20Cl6O3S/c13-10(12(17,18)22(19,20)21)8-6-4-2-1-3-5-7-9-11(14,15)16/h10H,1-9H2,(H,19,20,21). The fourth-order valence-corrected chi connectivity index (χ4v) is 3.41. The van der Waals surface area contributed by atoms with Crippen molar-refractivity contribution in [3.63, 3.8) is 0 Å². The average Bonchev–Trinajstić information content (AvgIpc) is 2.33. The summed E-state index contributed by atoms with van der Waals surface area (Å²) in [5.41, 5.74) is 0. The molecule has 1 unspecified atom stereocenters. The summed E-state index contributed by atoms with van der Waals surface area (Å²) in [5.74, 6) is 0. The van der Waals surface area contributed by atoms with Crippen molar-refractivity contribution in [2.45, 2.75) is 70.6 Å². The van der Waals surface area contributed by atoms with Gasteiger partial charge in [-0.05, 0) is 19.3 Å². The highest BCUT2D eigenvalue weighted by atomic mass is 35.6. The molecule has 0 aliphatic carbocycles. The molecule has 0 saturated heterocycles. The monoisotopic (exact) mass is 454 g/mol. The second-order valence-corrected chi connectivity index (χ2v) is 11.6. The molecule has 0 radical (unpaired) electrons. The van der Waals surface area contributed by atoms with E-state index >= 15 is 0 Å². The van der Waals surface area contributed by atoms with E-state index in [1.165, 1.54) is 0 Å². The highest BCUT2D eigenvalue weighted by molar-refractivity contribution is 7.90. The highest BCUT2D eigenvalue weighted by Crippen LogP contribution is 2.37. The summed E-state index contributed by atoms with van der Waals surface area (Å²) in [6.07, 6.45) is 7.36. The topological polar surface area (TPSA) is 54.4 Å². The van der Waals surface area contributed by atoms with Crippen LogP contribution in [-0.2, 0) is 10.1 Å². The fourth-order valence-electron chi connectivity index (χ4n) is 1.86. The van der Waals surface area contributed by atoms with E-state index in [-0.39, 0.29) is 0 Å². The number of alkyl halides is 6. The van der Waals surface area contributed by atoms with Crippen molar-refractivity contribution in [2.24, 2.45) is 0 Å². The van der Waals surface area contributed by atoms with Crippen LogP contribution in [0.5, 0.6) is 0 Å². The normalized spacial score (nSPS) is 15.0. The van der Waals surface area contributed by atoms with Crippen LogP contribution in [0.1, 0.15) is 57.8 Å². The third kappa shape index (κ3) is 10.5. The van der Waals surface area contributed by atoms with Crippen molar-refractivity contribution in [3.8, 4) is 0 Å². The first-order valence-electron chi connectivity index (χ1n) is 6.93. The molecule has 0 heterocycles. The summed E-state index contributed by atoms with van der Waals surface area (Å²) >= 11 is 33.9. The van der Waals surface area contributed by atoms with Gasteiger partial charge in [-0.15, -0.1) is 11.6 Å². The molecule has 0 aromatic rings. The molecule has 0 rings (SSSR count). The predicted octanol–water partition coefficient (Wildman–Crippen LogP) is 6.49. The summed E-state index contributed by atoms with van der Waals surface area (Å²) in [4.78, 5) is 0. The highest BCUT2D eigenvalue weighted by Gasteiger charge is 2.45. The van der Waals surface area contributed by atoms with Gasteiger partial charge in [0.25, 0.3) is 3.67 Å². The average molecular weight is 457 g/mol. The lowest BCUT2D eigenvalue weighted by molar-refractivity contribution is 0.467. The van der Waals surface area contributed by atoms with Crippen molar-refractivity contribution in [2.75, 3.05) is 0 Å². The van der Waals surface area contributed by atoms with Crippen molar-refractivity contribution in [3.05, 3.63) is 0 Å². The van der Waals surface area contributed by atoms with Gasteiger partial charge in [-0.3, -0.25) is 4.55 Å². The number of halogens is 6. The Labute approximate surface area is 162 Å². The Morgan fingerprint density at radius 1 is 0.818 bits per heavy atom. The Kier molecular flexibility index (Phi) is 11.4. The maximum atomic E-state index is 11.0. The first-order chi connectivity index (χ1) is 9.88. The van der Waals surface area contributed by atoms with Gasteiger partial charge in [0.2, 0.25) is 0 Å². The zero-order valence-electron chi connectivity index (χ0n) is 11.9. The first-order valence-corrected chi connectivity index (χ1v) is 10.7. The summed E-state index contributed by atoms with van der Waals surface area (Å²) in [5, 5.41) is -1.06. The van der Waals surface area contributed by atoms with Crippen molar-refractivity contribution < 1.29 is 13.0 Å². The molecule has 0 saturated carbocycles. The molecule has 3 nitrogen and oxygen atoms in total. The van der Waals surface area contributed by atoms with Gasteiger partial charge in [0, 0.05) is 0 Å². The smallest absolute Gasteiger partial charge is 0.283 e. The number of hydrogen-bond acceptors (Lipinski definition) is 2. The van der Waals surface area contributed by atoms with Crippen LogP contribution in [0.2, 0.25) is 0 Å². The van der Waals surface area contributed by atoms with Gasteiger partial charge in [-0.1, -0.05) is 96.5 Å². The maximum Gasteiger partial charge on any atom is 0.300 e. The molecule has 22 heavy (non-hydrogen) atoms. The summed E-state index contributed by atoms with van der Waals surface area (Å²) in [7, 11) is -4.60. The van der Waals surface area contributed by atoms with E-state index in [9.17, 15) is 8.42 Å². The largest absolute Gasteiger partial charge is 0.300 e. The Hall–Kier alpha value is 1.65. The van der Waals surface area contributed by atoms with Gasteiger partial charge >= 0.3 is 10.1 Å². The second-order valence-electron chi connectivity index (χ2n) is 5.13. The van der Waals surface area contributed by atoms with E-state index in [4.69, 9.17) is 74.2 Å².